The van der Waals surface area contributed by atoms with Crippen molar-refractivity contribution in [2.45, 2.75) is 57.0 Å². The number of halogens is 1. The van der Waals surface area contributed by atoms with Crippen molar-refractivity contribution in [3.05, 3.63) is 35.1 Å². The van der Waals surface area contributed by atoms with Gasteiger partial charge in [-0.15, -0.1) is 0 Å². The van der Waals surface area contributed by atoms with Crippen LogP contribution in [0.5, 0.6) is 0 Å². The molecule has 0 aliphatic heterocycles. The van der Waals surface area contributed by atoms with E-state index >= 15 is 0 Å². The Hall–Kier alpha value is -0.890. The Kier molecular flexibility index (Phi) is 3.14. The fraction of sp³-hybridized carbons (Fsp3) is 0.625. The van der Waals surface area contributed by atoms with Gasteiger partial charge in [-0.05, 0) is 48.4 Å². The van der Waals surface area contributed by atoms with Gasteiger partial charge in [-0.2, -0.15) is 0 Å². The third-order valence-corrected chi connectivity index (χ3v) is 4.73. The Morgan fingerprint density at radius 2 is 2.00 bits per heavy atom. The second kappa shape index (κ2) is 4.65. The summed E-state index contributed by atoms with van der Waals surface area (Å²) in [6.07, 6.45) is 8.90. The van der Waals surface area contributed by atoms with Gasteiger partial charge in [-0.25, -0.2) is 4.39 Å². The molecule has 1 fully saturated rings. The first-order valence-corrected chi connectivity index (χ1v) is 7.19. The fourth-order valence-electron chi connectivity index (χ4n) is 3.78. The molecule has 1 saturated carbocycles. The average molecular weight is 248 g/mol. The van der Waals surface area contributed by atoms with E-state index in [1.807, 2.05) is 0 Å². The first-order chi connectivity index (χ1) is 8.67. The van der Waals surface area contributed by atoms with Crippen LogP contribution in [0.25, 0.3) is 0 Å². The van der Waals surface area contributed by atoms with E-state index in [0.717, 1.165) is 30.4 Å². The van der Waals surface area contributed by atoms with Crippen molar-refractivity contribution in [3.8, 4) is 0 Å². The van der Waals surface area contributed by atoms with Crippen LogP contribution in [-0.2, 0) is 12.0 Å². The van der Waals surface area contributed by atoms with Crippen LogP contribution >= 0.6 is 0 Å². The molecule has 1 atom stereocenters. The Bertz CT molecular complexity index is 437. The molecule has 1 aromatic rings. The van der Waals surface area contributed by atoms with E-state index in [1.54, 1.807) is 12.1 Å². The van der Waals surface area contributed by atoms with Gasteiger partial charge >= 0.3 is 0 Å². The fourth-order valence-corrected chi connectivity index (χ4v) is 3.78. The lowest BCUT2D eigenvalue weighted by atomic mass is 9.79. The van der Waals surface area contributed by atoms with E-state index < -0.39 is 5.60 Å². The first kappa shape index (κ1) is 12.2. The van der Waals surface area contributed by atoms with Gasteiger partial charge in [0, 0.05) is 0 Å². The van der Waals surface area contributed by atoms with Gasteiger partial charge in [0.1, 0.15) is 5.82 Å². The number of fused-ring (bicyclic) bond motifs is 1. The van der Waals surface area contributed by atoms with Gasteiger partial charge in [-0.3, -0.25) is 0 Å². The minimum absolute atomic E-state index is 0.185. The molecular weight excluding hydrogens is 227 g/mol. The van der Waals surface area contributed by atoms with Gasteiger partial charge in [0.2, 0.25) is 0 Å². The summed E-state index contributed by atoms with van der Waals surface area (Å²) in [5, 5.41) is 10.9. The molecule has 18 heavy (non-hydrogen) atoms. The molecule has 0 bridgehead atoms. The van der Waals surface area contributed by atoms with Gasteiger partial charge in [0.15, 0.2) is 0 Å². The molecule has 2 aliphatic carbocycles. The summed E-state index contributed by atoms with van der Waals surface area (Å²) >= 11 is 0. The summed E-state index contributed by atoms with van der Waals surface area (Å²) in [5.41, 5.74) is 1.30. The molecule has 1 unspecified atom stereocenters. The summed E-state index contributed by atoms with van der Waals surface area (Å²) in [4.78, 5) is 0. The summed E-state index contributed by atoms with van der Waals surface area (Å²) < 4.78 is 13.2. The highest BCUT2D eigenvalue weighted by molar-refractivity contribution is 5.37. The maximum absolute atomic E-state index is 13.2. The van der Waals surface area contributed by atoms with E-state index in [-0.39, 0.29) is 5.82 Å². The van der Waals surface area contributed by atoms with E-state index in [1.165, 1.54) is 38.2 Å². The van der Waals surface area contributed by atoms with Crippen molar-refractivity contribution in [2.24, 2.45) is 5.92 Å². The maximum atomic E-state index is 13.2. The predicted octanol–water partition coefficient (Wildman–Crippen LogP) is 3.93. The number of hydrogen-bond donors (Lipinski definition) is 1. The Labute approximate surface area is 108 Å². The normalized spacial score (nSPS) is 28.3. The molecule has 98 valence electrons. The highest BCUT2D eigenvalue weighted by Crippen LogP contribution is 2.44. The molecule has 2 aliphatic rings. The topological polar surface area (TPSA) is 20.2 Å². The van der Waals surface area contributed by atoms with Crippen LogP contribution in [0.1, 0.15) is 56.1 Å². The third kappa shape index (κ3) is 2.18. The number of aryl methyl sites for hydroxylation is 1. The van der Waals surface area contributed by atoms with E-state index in [2.05, 4.69) is 0 Å². The minimum Gasteiger partial charge on any atom is -0.385 e. The highest BCUT2D eigenvalue weighted by Gasteiger charge is 2.38. The van der Waals surface area contributed by atoms with Crippen LogP contribution in [0.15, 0.2) is 18.2 Å². The zero-order valence-electron chi connectivity index (χ0n) is 10.8. The van der Waals surface area contributed by atoms with Crippen LogP contribution < -0.4 is 0 Å². The molecule has 1 aromatic carbocycles. The molecule has 0 amide bonds. The van der Waals surface area contributed by atoms with E-state index in [9.17, 15) is 9.50 Å². The number of aliphatic hydroxyl groups is 1. The Morgan fingerprint density at radius 3 is 2.78 bits per heavy atom. The number of hydrogen-bond acceptors (Lipinski definition) is 1. The number of benzene rings is 1. The average Bonchev–Trinajstić information content (AvgIpc) is 2.67. The molecule has 3 rings (SSSR count). The van der Waals surface area contributed by atoms with Crippen LogP contribution in [-0.4, -0.2) is 5.11 Å². The van der Waals surface area contributed by atoms with Gasteiger partial charge < -0.3 is 5.11 Å². The Morgan fingerprint density at radius 1 is 1.22 bits per heavy atom. The zero-order chi connectivity index (χ0) is 12.6. The SMILES string of the molecule is OC1(CC2CCCCC2)CCc2cc(F)ccc21. The van der Waals surface area contributed by atoms with Crippen LogP contribution in [0.3, 0.4) is 0 Å². The molecule has 0 saturated heterocycles. The molecule has 0 heterocycles. The highest BCUT2D eigenvalue weighted by atomic mass is 19.1. The smallest absolute Gasteiger partial charge is 0.123 e. The molecular formula is C16H21FO. The summed E-state index contributed by atoms with van der Waals surface area (Å²) in [6.45, 7) is 0. The quantitative estimate of drug-likeness (QED) is 0.840. The lowest BCUT2D eigenvalue weighted by Gasteiger charge is -2.31. The summed E-state index contributed by atoms with van der Waals surface area (Å²) in [6, 6.07) is 4.87. The van der Waals surface area contributed by atoms with Gasteiger partial charge in [0.05, 0.1) is 5.60 Å². The number of rotatable bonds is 2. The van der Waals surface area contributed by atoms with Gasteiger partial charge in [0.25, 0.3) is 0 Å². The van der Waals surface area contributed by atoms with Crippen LogP contribution in [0, 0.1) is 11.7 Å². The van der Waals surface area contributed by atoms with Crippen LogP contribution in [0.2, 0.25) is 0 Å². The van der Waals surface area contributed by atoms with Crippen molar-refractivity contribution in [1.82, 2.24) is 0 Å². The molecule has 0 aromatic heterocycles. The van der Waals surface area contributed by atoms with Crippen molar-refractivity contribution in [3.63, 3.8) is 0 Å². The summed E-state index contributed by atoms with van der Waals surface area (Å²) in [5.74, 6) is 0.468. The molecule has 2 heteroatoms. The van der Waals surface area contributed by atoms with Gasteiger partial charge in [-0.1, -0.05) is 38.2 Å². The minimum atomic E-state index is -0.689. The van der Waals surface area contributed by atoms with Crippen molar-refractivity contribution < 1.29 is 9.50 Å². The lowest BCUT2D eigenvalue weighted by molar-refractivity contribution is 0.00721. The van der Waals surface area contributed by atoms with E-state index in [0.29, 0.717) is 5.92 Å². The largest absolute Gasteiger partial charge is 0.385 e. The Balaban J connectivity index is 1.80. The second-order valence-corrected chi connectivity index (χ2v) is 6.04. The van der Waals surface area contributed by atoms with Crippen molar-refractivity contribution in [1.29, 1.82) is 0 Å². The maximum Gasteiger partial charge on any atom is 0.123 e. The molecule has 0 spiro atoms. The summed E-state index contributed by atoms with van der Waals surface area (Å²) in [7, 11) is 0. The zero-order valence-corrected chi connectivity index (χ0v) is 10.8. The second-order valence-electron chi connectivity index (χ2n) is 6.04. The third-order valence-electron chi connectivity index (χ3n) is 4.73. The van der Waals surface area contributed by atoms with Crippen molar-refractivity contribution >= 4 is 0 Å². The molecule has 0 radical (unpaired) electrons. The molecule has 1 N–H and O–H groups in total. The van der Waals surface area contributed by atoms with Crippen molar-refractivity contribution in [2.75, 3.05) is 0 Å². The van der Waals surface area contributed by atoms with Crippen LogP contribution in [0.4, 0.5) is 4.39 Å². The monoisotopic (exact) mass is 248 g/mol. The standard InChI is InChI=1S/C16H21FO/c17-14-6-7-15-13(10-14)8-9-16(15,18)11-12-4-2-1-3-5-12/h6-7,10,12,18H,1-5,8-9,11H2. The van der Waals surface area contributed by atoms with E-state index in [4.69, 9.17) is 0 Å². The predicted molar refractivity (Wildman–Crippen MR) is 69.8 cm³/mol. The first-order valence-electron chi connectivity index (χ1n) is 7.19. The molecule has 1 nitrogen and oxygen atoms in total. The lowest BCUT2D eigenvalue weighted by Crippen LogP contribution is -2.27.